The van der Waals surface area contributed by atoms with Gasteiger partial charge < -0.3 is 15.1 Å². The Morgan fingerprint density at radius 1 is 1.00 bits per heavy atom. The molecule has 0 aliphatic carbocycles. The van der Waals surface area contributed by atoms with Gasteiger partial charge in [-0.15, -0.1) is 0 Å². The van der Waals surface area contributed by atoms with Gasteiger partial charge in [0.05, 0.1) is 0 Å². The van der Waals surface area contributed by atoms with Crippen molar-refractivity contribution in [3.8, 4) is 0 Å². The number of rotatable bonds is 0. The summed E-state index contributed by atoms with van der Waals surface area (Å²) in [6.07, 6.45) is 0. The molecule has 0 heterocycles. The van der Waals surface area contributed by atoms with Crippen LogP contribution in [-0.2, 0) is 0 Å². The molecular formula is H3BHoO3. The fraction of sp³-hybridized carbons (Fsp3) is 0. The van der Waals surface area contributed by atoms with E-state index in [4.69, 9.17) is 15.1 Å². The third-order valence-corrected chi connectivity index (χ3v) is 0. The molecule has 0 aliphatic rings. The van der Waals surface area contributed by atoms with Gasteiger partial charge in [-0.25, -0.2) is 0 Å². The largest absolute Gasteiger partial charge is 0.631 e. The minimum Gasteiger partial charge on any atom is -0.402 e. The Labute approximate surface area is 59.8 Å². The van der Waals surface area contributed by atoms with Gasteiger partial charge in [0.2, 0.25) is 0 Å². The topological polar surface area (TPSA) is 60.7 Å². The van der Waals surface area contributed by atoms with Gasteiger partial charge in [0.1, 0.15) is 0 Å². The second kappa shape index (κ2) is 5.20. The van der Waals surface area contributed by atoms with Crippen LogP contribution in [0.1, 0.15) is 0 Å². The van der Waals surface area contributed by atoms with Gasteiger partial charge in [-0.05, 0) is 0 Å². The van der Waals surface area contributed by atoms with Crippen LogP contribution in [0, 0.1) is 37.7 Å². The van der Waals surface area contributed by atoms with Gasteiger partial charge in [0.15, 0.2) is 0 Å². The maximum atomic E-state index is 7.17. The maximum Gasteiger partial charge on any atom is 0.631 e. The zero-order valence-electron chi connectivity index (χ0n) is 2.22. The van der Waals surface area contributed by atoms with Gasteiger partial charge in [0.25, 0.3) is 0 Å². The first-order valence-corrected chi connectivity index (χ1v) is 0.775. The van der Waals surface area contributed by atoms with Crippen LogP contribution in [0.3, 0.4) is 0 Å². The third-order valence-electron chi connectivity index (χ3n) is 0. The molecule has 35 valence electrons. The number of hydrogen-bond acceptors (Lipinski definition) is 3. The van der Waals surface area contributed by atoms with E-state index in [0.717, 1.165) is 0 Å². The molecule has 5 heavy (non-hydrogen) atoms. The van der Waals surface area contributed by atoms with Crippen molar-refractivity contribution in [2.24, 2.45) is 0 Å². The summed E-state index contributed by atoms with van der Waals surface area (Å²) in [7, 11) is -2.17. The Balaban J connectivity index is 0. The molecule has 3 nitrogen and oxygen atoms in total. The normalized spacial score (nSPS) is 5.40. The van der Waals surface area contributed by atoms with Crippen molar-refractivity contribution in [3.05, 3.63) is 0 Å². The summed E-state index contributed by atoms with van der Waals surface area (Å²) in [5, 5.41) is 21.5. The van der Waals surface area contributed by atoms with E-state index in [2.05, 4.69) is 0 Å². The Bertz CT molecular complexity index is 11.6. The molecule has 0 atom stereocenters. The van der Waals surface area contributed by atoms with Gasteiger partial charge in [-0.2, -0.15) is 0 Å². The first-order chi connectivity index (χ1) is 1.73. The van der Waals surface area contributed by atoms with Gasteiger partial charge in [0, 0.05) is 37.7 Å². The van der Waals surface area contributed by atoms with E-state index in [1.165, 1.54) is 0 Å². The smallest absolute Gasteiger partial charge is 0.402 e. The quantitative estimate of drug-likeness (QED) is 0.417. The van der Waals surface area contributed by atoms with Gasteiger partial charge >= 0.3 is 7.32 Å². The van der Waals surface area contributed by atoms with Crippen molar-refractivity contribution in [1.82, 2.24) is 0 Å². The molecule has 0 fully saturated rings. The zero-order chi connectivity index (χ0) is 3.58. The Morgan fingerprint density at radius 3 is 1.00 bits per heavy atom. The second-order valence-electron chi connectivity index (χ2n) is 0.346. The standard InChI is InChI=1S/BH3O3.Ho/c2-1(3)4;/h2-4H;. The molecule has 0 amide bonds. The molecule has 0 bridgehead atoms. The summed E-state index contributed by atoms with van der Waals surface area (Å²) < 4.78 is 0. The van der Waals surface area contributed by atoms with E-state index in [0.29, 0.717) is 0 Å². The molecule has 0 saturated carbocycles. The summed E-state index contributed by atoms with van der Waals surface area (Å²) in [4.78, 5) is 0. The maximum absolute atomic E-state index is 7.17. The van der Waals surface area contributed by atoms with Crippen LogP contribution in [-0.4, -0.2) is 22.4 Å². The molecule has 3 N–H and O–H groups in total. The molecule has 0 rings (SSSR count). The average molecular weight is 227 g/mol. The van der Waals surface area contributed by atoms with Crippen molar-refractivity contribution in [2.45, 2.75) is 0 Å². The summed E-state index contributed by atoms with van der Waals surface area (Å²) >= 11 is 0. The molecule has 0 aromatic rings. The van der Waals surface area contributed by atoms with E-state index >= 15 is 0 Å². The second-order valence-corrected chi connectivity index (χ2v) is 0.346. The molecule has 0 saturated heterocycles. The Kier molecular flexibility index (Phi) is 9.90. The van der Waals surface area contributed by atoms with Gasteiger partial charge in [-0.1, -0.05) is 0 Å². The van der Waals surface area contributed by atoms with Crippen LogP contribution in [0.25, 0.3) is 0 Å². The first kappa shape index (κ1) is 9.51. The number of hydrogen-bond donors (Lipinski definition) is 3. The van der Waals surface area contributed by atoms with Crippen LogP contribution in [0.4, 0.5) is 0 Å². The summed E-state index contributed by atoms with van der Waals surface area (Å²) in [5.74, 6) is 0. The fourth-order valence-corrected chi connectivity index (χ4v) is 0. The minimum absolute atomic E-state index is 0. The summed E-state index contributed by atoms with van der Waals surface area (Å²) in [5.41, 5.74) is 0. The van der Waals surface area contributed by atoms with E-state index < -0.39 is 7.32 Å². The monoisotopic (exact) mass is 227 g/mol. The molecule has 1 radical (unpaired) electrons. The van der Waals surface area contributed by atoms with Crippen LogP contribution >= 0.6 is 0 Å². The Hall–Kier alpha value is 1.20. The Morgan fingerprint density at radius 2 is 1.00 bits per heavy atom. The molecule has 0 aromatic carbocycles. The van der Waals surface area contributed by atoms with Crippen molar-refractivity contribution in [1.29, 1.82) is 0 Å². The molecule has 0 unspecified atom stereocenters. The molecular weight excluding hydrogens is 224 g/mol. The first-order valence-electron chi connectivity index (χ1n) is 0.775. The van der Waals surface area contributed by atoms with Crippen molar-refractivity contribution in [3.63, 3.8) is 0 Å². The average Bonchev–Trinajstić information content (AvgIpc) is 0.811. The van der Waals surface area contributed by atoms with Crippen LogP contribution in [0.5, 0.6) is 0 Å². The predicted molar refractivity (Wildman–Crippen MR) is 12.4 cm³/mol. The fourth-order valence-electron chi connectivity index (χ4n) is 0. The van der Waals surface area contributed by atoms with Gasteiger partial charge in [-0.3, -0.25) is 0 Å². The molecule has 0 spiro atoms. The van der Waals surface area contributed by atoms with E-state index in [1.54, 1.807) is 0 Å². The summed E-state index contributed by atoms with van der Waals surface area (Å²) in [6, 6.07) is 0. The SMILES string of the molecule is OB(O)O.[Ho]. The van der Waals surface area contributed by atoms with Crippen molar-refractivity contribution in [2.75, 3.05) is 0 Å². The van der Waals surface area contributed by atoms with E-state index in [1.807, 2.05) is 0 Å². The van der Waals surface area contributed by atoms with Crippen LogP contribution in [0.15, 0.2) is 0 Å². The van der Waals surface area contributed by atoms with Crippen molar-refractivity contribution >= 4 is 7.32 Å². The van der Waals surface area contributed by atoms with Crippen molar-refractivity contribution < 1.29 is 52.8 Å². The van der Waals surface area contributed by atoms with E-state index in [9.17, 15) is 0 Å². The molecule has 0 aliphatic heterocycles. The summed E-state index contributed by atoms with van der Waals surface area (Å²) in [6.45, 7) is 0. The predicted octanol–water partition coefficient (Wildman–Crippen LogP) is -2.05. The minimum atomic E-state index is -2.17. The molecule has 5 heteroatoms. The zero-order valence-corrected chi connectivity index (χ0v) is 4.16. The third kappa shape index (κ3) is 36.8. The van der Waals surface area contributed by atoms with Crippen LogP contribution in [0.2, 0.25) is 0 Å². The van der Waals surface area contributed by atoms with Crippen LogP contribution < -0.4 is 0 Å². The van der Waals surface area contributed by atoms with E-state index in [-0.39, 0.29) is 37.7 Å². The molecule has 0 aromatic heterocycles.